The second-order valence-electron chi connectivity index (χ2n) is 7.88. The van der Waals surface area contributed by atoms with E-state index in [9.17, 15) is 9.59 Å². The Hall–Kier alpha value is -2.83. The molecule has 0 bridgehead atoms. The van der Waals surface area contributed by atoms with Crippen LogP contribution in [0.5, 0.6) is 5.75 Å². The van der Waals surface area contributed by atoms with Crippen molar-refractivity contribution in [3.63, 3.8) is 0 Å². The molecule has 6 nitrogen and oxygen atoms in total. The highest BCUT2D eigenvalue weighted by atomic mass is 35.5. The van der Waals surface area contributed by atoms with Crippen LogP contribution < -0.4 is 10.2 Å². The second-order valence-corrected chi connectivity index (χ2v) is 8.31. The number of hydrogen-bond acceptors (Lipinski definition) is 5. The Morgan fingerprint density at radius 1 is 1.16 bits per heavy atom. The van der Waals surface area contributed by atoms with Crippen molar-refractivity contribution in [2.75, 3.05) is 33.8 Å². The van der Waals surface area contributed by atoms with E-state index >= 15 is 0 Å². The largest absolute Gasteiger partial charge is 0.494 e. The molecule has 0 fully saturated rings. The van der Waals surface area contributed by atoms with Gasteiger partial charge in [0.05, 0.1) is 23.6 Å². The predicted octanol–water partition coefficient (Wildman–Crippen LogP) is 4.34. The third-order valence-corrected chi connectivity index (χ3v) is 5.65. The van der Waals surface area contributed by atoms with E-state index in [1.807, 2.05) is 45.3 Å². The average molecular weight is 441 g/mol. The zero-order valence-corrected chi connectivity index (χ0v) is 18.6. The first kappa shape index (κ1) is 21.4. The molecule has 2 heterocycles. The van der Waals surface area contributed by atoms with Crippen molar-refractivity contribution < 1.29 is 13.9 Å². The number of ether oxygens (including phenoxy) is 1. The monoisotopic (exact) mass is 440 g/mol. The lowest BCUT2D eigenvalue weighted by Crippen LogP contribution is -2.32. The maximum atomic E-state index is 13.5. The zero-order valence-electron chi connectivity index (χ0n) is 17.9. The number of benzene rings is 2. The molecule has 1 aliphatic rings. The molecule has 162 valence electrons. The molecule has 1 atom stereocenters. The molecule has 7 heteroatoms. The number of amides is 1. The summed E-state index contributed by atoms with van der Waals surface area (Å²) < 4.78 is 11.6. The van der Waals surface area contributed by atoms with Gasteiger partial charge in [-0.1, -0.05) is 23.7 Å². The SMILES string of the molecule is CCOc1cccc(C2c3c(oc4ccc(Cl)cc4c3=O)C(=O)N2CCCN(C)C)c1. The van der Waals surface area contributed by atoms with Gasteiger partial charge in [-0.25, -0.2) is 0 Å². The van der Waals surface area contributed by atoms with Crippen LogP contribution in [0.25, 0.3) is 11.0 Å². The van der Waals surface area contributed by atoms with Crippen LogP contribution in [0.4, 0.5) is 0 Å². The lowest BCUT2D eigenvalue weighted by Gasteiger charge is -2.26. The minimum absolute atomic E-state index is 0.108. The molecule has 1 aliphatic heterocycles. The van der Waals surface area contributed by atoms with Crippen LogP contribution in [0, 0.1) is 0 Å². The summed E-state index contributed by atoms with van der Waals surface area (Å²) in [5.74, 6) is 0.536. The summed E-state index contributed by atoms with van der Waals surface area (Å²) in [6, 6.07) is 11.9. The second kappa shape index (κ2) is 8.73. The van der Waals surface area contributed by atoms with E-state index < -0.39 is 6.04 Å². The van der Waals surface area contributed by atoms with Gasteiger partial charge in [0.1, 0.15) is 11.3 Å². The summed E-state index contributed by atoms with van der Waals surface area (Å²) in [7, 11) is 3.98. The summed E-state index contributed by atoms with van der Waals surface area (Å²) in [4.78, 5) is 30.6. The lowest BCUT2D eigenvalue weighted by molar-refractivity contribution is 0.0722. The summed E-state index contributed by atoms with van der Waals surface area (Å²) in [5, 5.41) is 0.821. The molecule has 0 saturated heterocycles. The number of nitrogens with zero attached hydrogens (tertiary/aromatic N) is 2. The van der Waals surface area contributed by atoms with E-state index in [0.717, 1.165) is 18.5 Å². The zero-order chi connectivity index (χ0) is 22.1. The van der Waals surface area contributed by atoms with Crippen LogP contribution in [-0.4, -0.2) is 49.5 Å². The molecule has 1 unspecified atom stereocenters. The standard InChI is InChI=1S/C24H25ClN2O4/c1-4-30-17-8-5-7-15(13-17)21-20-22(28)18-14-16(25)9-10-19(18)31-23(20)24(29)27(21)12-6-11-26(2)3/h5,7-10,13-14,21H,4,6,11-12H2,1-3H3. The van der Waals surface area contributed by atoms with Gasteiger partial charge in [0, 0.05) is 11.6 Å². The van der Waals surface area contributed by atoms with Crippen LogP contribution in [0.1, 0.15) is 41.1 Å². The van der Waals surface area contributed by atoms with E-state index in [4.69, 9.17) is 20.8 Å². The summed E-state index contributed by atoms with van der Waals surface area (Å²) in [6.45, 7) is 3.77. The Balaban J connectivity index is 1.87. The molecule has 1 amide bonds. The van der Waals surface area contributed by atoms with E-state index in [-0.39, 0.29) is 17.1 Å². The molecule has 1 aromatic heterocycles. The van der Waals surface area contributed by atoms with Crippen LogP contribution in [-0.2, 0) is 0 Å². The minimum atomic E-state index is -0.537. The third-order valence-electron chi connectivity index (χ3n) is 5.42. The molecular weight excluding hydrogens is 416 g/mol. The van der Waals surface area contributed by atoms with Crippen molar-refractivity contribution in [3.8, 4) is 5.75 Å². The lowest BCUT2D eigenvalue weighted by atomic mass is 9.98. The van der Waals surface area contributed by atoms with E-state index in [1.165, 1.54) is 0 Å². The van der Waals surface area contributed by atoms with Gasteiger partial charge in [-0.3, -0.25) is 9.59 Å². The van der Waals surface area contributed by atoms with Gasteiger partial charge in [0.2, 0.25) is 5.76 Å². The first-order valence-corrected chi connectivity index (χ1v) is 10.7. The number of carbonyl (C=O) groups is 1. The molecule has 0 radical (unpaired) electrons. The first-order chi connectivity index (χ1) is 14.9. The van der Waals surface area contributed by atoms with Crippen LogP contribution in [0.3, 0.4) is 0 Å². The predicted molar refractivity (Wildman–Crippen MR) is 121 cm³/mol. The number of fused-ring (bicyclic) bond motifs is 2. The molecule has 31 heavy (non-hydrogen) atoms. The van der Waals surface area contributed by atoms with Crippen LogP contribution in [0.2, 0.25) is 5.02 Å². The number of hydrogen-bond donors (Lipinski definition) is 0. The Morgan fingerprint density at radius 3 is 2.71 bits per heavy atom. The van der Waals surface area contributed by atoms with Gasteiger partial charge in [-0.15, -0.1) is 0 Å². The topological polar surface area (TPSA) is 63.0 Å². The molecule has 2 aromatic carbocycles. The van der Waals surface area contributed by atoms with Crippen LogP contribution in [0.15, 0.2) is 51.7 Å². The average Bonchev–Trinajstić information content (AvgIpc) is 3.01. The fraction of sp³-hybridized carbons (Fsp3) is 0.333. The molecule has 0 saturated carbocycles. The maximum Gasteiger partial charge on any atom is 0.290 e. The molecule has 4 rings (SSSR count). The Labute approximate surface area is 186 Å². The van der Waals surface area contributed by atoms with Gasteiger partial charge in [0.15, 0.2) is 5.43 Å². The number of halogens is 1. The summed E-state index contributed by atoms with van der Waals surface area (Å²) >= 11 is 6.13. The summed E-state index contributed by atoms with van der Waals surface area (Å²) in [5.41, 5.74) is 1.31. The fourth-order valence-electron chi connectivity index (χ4n) is 4.07. The molecule has 0 N–H and O–H groups in total. The Morgan fingerprint density at radius 2 is 1.97 bits per heavy atom. The highest BCUT2D eigenvalue weighted by Gasteiger charge is 2.42. The highest BCUT2D eigenvalue weighted by Crippen LogP contribution is 2.39. The van der Waals surface area contributed by atoms with Crippen molar-refractivity contribution in [1.82, 2.24) is 9.80 Å². The maximum absolute atomic E-state index is 13.5. The summed E-state index contributed by atoms with van der Waals surface area (Å²) in [6.07, 6.45) is 0.772. The van der Waals surface area contributed by atoms with E-state index in [0.29, 0.717) is 40.5 Å². The van der Waals surface area contributed by atoms with Gasteiger partial charge >= 0.3 is 0 Å². The normalized spacial score (nSPS) is 15.7. The number of rotatable bonds is 7. The fourth-order valence-corrected chi connectivity index (χ4v) is 4.24. The van der Waals surface area contributed by atoms with Crippen LogP contribution >= 0.6 is 11.6 Å². The minimum Gasteiger partial charge on any atom is -0.494 e. The first-order valence-electron chi connectivity index (χ1n) is 10.4. The van der Waals surface area contributed by atoms with Crippen molar-refractivity contribution in [2.24, 2.45) is 0 Å². The molecule has 0 spiro atoms. The van der Waals surface area contributed by atoms with E-state index in [2.05, 4.69) is 4.90 Å². The Bertz CT molecular complexity index is 1190. The van der Waals surface area contributed by atoms with Gasteiger partial charge < -0.3 is 19.0 Å². The molecule has 3 aromatic rings. The van der Waals surface area contributed by atoms with E-state index in [1.54, 1.807) is 23.1 Å². The van der Waals surface area contributed by atoms with Gasteiger partial charge in [0.25, 0.3) is 5.91 Å². The van der Waals surface area contributed by atoms with Gasteiger partial charge in [-0.05, 0) is 69.9 Å². The van der Waals surface area contributed by atoms with Crippen molar-refractivity contribution in [3.05, 3.63) is 74.6 Å². The van der Waals surface area contributed by atoms with Crippen molar-refractivity contribution in [1.29, 1.82) is 0 Å². The smallest absolute Gasteiger partial charge is 0.290 e. The highest BCUT2D eigenvalue weighted by molar-refractivity contribution is 6.31. The molecule has 0 aliphatic carbocycles. The quantitative estimate of drug-likeness (QED) is 0.546. The third kappa shape index (κ3) is 4.05. The van der Waals surface area contributed by atoms with Gasteiger partial charge in [-0.2, -0.15) is 0 Å². The number of carbonyl (C=O) groups excluding carboxylic acids is 1. The van der Waals surface area contributed by atoms with Crippen molar-refractivity contribution >= 4 is 28.5 Å². The Kier molecular flexibility index (Phi) is 6.03. The molecular formula is C24H25ClN2O4. The van der Waals surface area contributed by atoms with Crippen molar-refractivity contribution in [2.45, 2.75) is 19.4 Å².